The van der Waals surface area contributed by atoms with E-state index >= 15 is 0 Å². The summed E-state index contributed by atoms with van der Waals surface area (Å²) >= 11 is 0. The maximum Gasteiger partial charge on any atom is 0.184 e. The molecule has 0 aromatic heterocycles. The monoisotopic (exact) mass is 238 g/mol. The number of benzene rings is 2. The highest BCUT2D eigenvalue weighted by Gasteiger charge is 2.03. The van der Waals surface area contributed by atoms with Gasteiger partial charge in [0.05, 0.1) is 0 Å². The van der Waals surface area contributed by atoms with E-state index in [4.69, 9.17) is 5.73 Å². The van der Waals surface area contributed by atoms with E-state index in [1.807, 2.05) is 30.3 Å². The van der Waals surface area contributed by atoms with E-state index in [1.54, 1.807) is 30.5 Å². The Morgan fingerprint density at radius 1 is 1.06 bits per heavy atom. The van der Waals surface area contributed by atoms with E-state index in [1.165, 1.54) is 0 Å². The average molecular weight is 238 g/mol. The van der Waals surface area contributed by atoms with Gasteiger partial charge in [-0.1, -0.05) is 30.3 Å². The predicted octanol–water partition coefficient (Wildman–Crippen LogP) is 2.57. The Bertz CT molecular complexity index is 544. The third-order valence-corrected chi connectivity index (χ3v) is 2.51. The van der Waals surface area contributed by atoms with Crippen LogP contribution in [-0.4, -0.2) is 18.5 Å². The molecule has 3 heteroatoms. The van der Waals surface area contributed by atoms with Gasteiger partial charge < -0.3 is 5.73 Å². The first-order chi connectivity index (χ1) is 8.75. The number of nitrogen functional groups attached to an aromatic ring is 1. The van der Waals surface area contributed by atoms with Crippen LogP contribution in [0.2, 0.25) is 0 Å². The molecule has 0 amide bonds. The minimum Gasteiger partial charge on any atom is -0.399 e. The zero-order valence-corrected chi connectivity index (χ0v) is 9.91. The predicted molar refractivity (Wildman–Crippen MR) is 74.1 cm³/mol. The van der Waals surface area contributed by atoms with Gasteiger partial charge in [0.15, 0.2) is 5.78 Å². The van der Waals surface area contributed by atoms with Crippen LogP contribution in [0.25, 0.3) is 0 Å². The summed E-state index contributed by atoms with van der Waals surface area (Å²) in [5.74, 6) is -0.0119. The van der Waals surface area contributed by atoms with Gasteiger partial charge in [-0.2, -0.15) is 0 Å². The molecule has 0 aliphatic rings. The van der Waals surface area contributed by atoms with Gasteiger partial charge in [-0.15, -0.1) is 0 Å². The Balaban J connectivity index is 1.96. The summed E-state index contributed by atoms with van der Waals surface area (Å²) in [4.78, 5) is 15.9. The van der Waals surface area contributed by atoms with Crippen molar-refractivity contribution in [2.24, 2.45) is 4.99 Å². The van der Waals surface area contributed by atoms with Crippen molar-refractivity contribution in [1.82, 2.24) is 0 Å². The molecular formula is C15H14N2O. The van der Waals surface area contributed by atoms with Gasteiger partial charge in [0.1, 0.15) is 6.54 Å². The number of hydrogen-bond donors (Lipinski definition) is 1. The normalized spacial score (nSPS) is 10.7. The van der Waals surface area contributed by atoms with Gasteiger partial charge in [-0.3, -0.25) is 9.79 Å². The number of Topliss-reactive ketones (excluding diaryl/α,β-unsaturated/α-hetero) is 1. The first-order valence-electron chi connectivity index (χ1n) is 5.69. The quantitative estimate of drug-likeness (QED) is 0.505. The number of ketones is 1. The molecule has 0 saturated carbocycles. The van der Waals surface area contributed by atoms with Crippen LogP contribution in [0, 0.1) is 0 Å². The van der Waals surface area contributed by atoms with Gasteiger partial charge in [0, 0.05) is 17.5 Å². The fourth-order valence-electron chi connectivity index (χ4n) is 1.53. The first-order valence-corrected chi connectivity index (χ1v) is 5.69. The van der Waals surface area contributed by atoms with Crippen LogP contribution in [0.3, 0.4) is 0 Å². The average Bonchev–Trinajstić information content (AvgIpc) is 2.40. The zero-order chi connectivity index (χ0) is 12.8. The van der Waals surface area contributed by atoms with Crippen molar-refractivity contribution < 1.29 is 4.79 Å². The molecule has 2 aromatic rings. The van der Waals surface area contributed by atoms with Crippen molar-refractivity contribution in [2.45, 2.75) is 0 Å². The van der Waals surface area contributed by atoms with Crippen molar-refractivity contribution in [1.29, 1.82) is 0 Å². The van der Waals surface area contributed by atoms with Gasteiger partial charge in [-0.25, -0.2) is 0 Å². The molecule has 2 N–H and O–H groups in total. The largest absolute Gasteiger partial charge is 0.399 e. The van der Waals surface area contributed by atoms with Crippen molar-refractivity contribution in [3.8, 4) is 0 Å². The van der Waals surface area contributed by atoms with Crippen molar-refractivity contribution >= 4 is 17.7 Å². The van der Waals surface area contributed by atoms with Crippen molar-refractivity contribution in [2.75, 3.05) is 12.3 Å². The maximum atomic E-state index is 11.8. The summed E-state index contributed by atoms with van der Waals surface area (Å²) in [6, 6.07) is 16.6. The Morgan fingerprint density at radius 3 is 2.39 bits per heavy atom. The van der Waals surface area contributed by atoms with Crippen LogP contribution in [0.4, 0.5) is 5.69 Å². The fourth-order valence-corrected chi connectivity index (χ4v) is 1.53. The number of anilines is 1. The number of aliphatic imine (C=N–C) groups is 1. The van der Waals surface area contributed by atoms with Crippen LogP contribution in [0.5, 0.6) is 0 Å². The summed E-state index contributed by atoms with van der Waals surface area (Å²) in [5, 5.41) is 0. The SMILES string of the molecule is Nc1ccc(C(=O)CN=Cc2ccccc2)cc1. The summed E-state index contributed by atoms with van der Waals surface area (Å²) in [6.07, 6.45) is 1.70. The number of carbonyl (C=O) groups is 1. The molecule has 0 unspecified atom stereocenters. The van der Waals surface area contributed by atoms with Gasteiger partial charge in [0.2, 0.25) is 0 Å². The Morgan fingerprint density at radius 2 is 1.72 bits per heavy atom. The molecule has 0 atom stereocenters. The van der Waals surface area contributed by atoms with Crippen LogP contribution in [0.15, 0.2) is 59.6 Å². The van der Waals surface area contributed by atoms with Crippen LogP contribution in [0.1, 0.15) is 15.9 Å². The molecule has 2 aromatic carbocycles. The zero-order valence-electron chi connectivity index (χ0n) is 9.91. The smallest absolute Gasteiger partial charge is 0.184 e. The second kappa shape index (κ2) is 5.77. The lowest BCUT2D eigenvalue weighted by atomic mass is 10.1. The molecule has 90 valence electrons. The second-order valence-corrected chi connectivity index (χ2v) is 3.93. The molecule has 0 fully saturated rings. The fraction of sp³-hybridized carbons (Fsp3) is 0.0667. The number of carbonyl (C=O) groups excluding carboxylic acids is 1. The molecule has 0 spiro atoms. The minimum absolute atomic E-state index is 0.0119. The third kappa shape index (κ3) is 3.28. The highest BCUT2D eigenvalue weighted by molar-refractivity contribution is 5.98. The number of nitrogens with two attached hydrogens (primary N) is 1. The molecule has 0 aliphatic carbocycles. The second-order valence-electron chi connectivity index (χ2n) is 3.93. The molecule has 3 nitrogen and oxygen atoms in total. The summed E-state index contributed by atoms with van der Waals surface area (Å²) in [5.41, 5.74) is 7.84. The molecule has 0 saturated heterocycles. The first kappa shape index (κ1) is 12.0. The van der Waals surface area contributed by atoms with E-state index in [2.05, 4.69) is 4.99 Å². The Labute approximate surface area is 106 Å². The summed E-state index contributed by atoms with van der Waals surface area (Å²) in [6.45, 7) is 0.152. The molecule has 0 radical (unpaired) electrons. The number of hydrogen-bond acceptors (Lipinski definition) is 3. The minimum atomic E-state index is -0.0119. The highest BCUT2D eigenvalue weighted by atomic mass is 16.1. The van der Waals surface area contributed by atoms with Gasteiger partial charge >= 0.3 is 0 Å². The summed E-state index contributed by atoms with van der Waals surface area (Å²) in [7, 11) is 0. The highest BCUT2D eigenvalue weighted by Crippen LogP contribution is 2.06. The molecule has 2 rings (SSSR count). The van der Waals surface area contributed by atoms with Crippen LogP contribution >= 0.6 is 0 Å². The van der Waals surface area contributed by atoms with E-state index in [0.717, 1.165) is 5.56 Å². The third-order valence-electron chi connectivity index (χ3n) is 2.51. The molecule has 18 heavy (non-hydrogen) atoms. The number of rotatable bonds is 4. The van der Waals surface area contributed by atoms with E-state index in [0.29, 0.717) is 11.3 Å². The van der Waals surface area contributed by atoms with E-state index < -0.39 is 0 Å². The van der Waals surface area contributed by atoms with E-state index in [-0.39, 0.29) is 12.3 Å². The maximum absolute atomic E-state index is 11.8. The van der Waals surface area contributed by atoms with Crippen molar-refractivity contribution in [3.63, 3.8) is 0 Å². The molecule has 0 heterocycles. The topological polar surface area (TPSA) is 55.5 Å². The van der Waals surface area contributed by atoms with Gasteiger partial charge in [0.25, 0.3) is 0 Å². The molecule has 0 bridgehead atoms. The van der Waals surface area contributed by atoms with Gasteiger partial charge in [-0.05, 0) is 29.8 Å². The van der Waals surface area contributed by atoms with Crippen molar-refractivity contribution in [3.05, 3.63) is 65.7 Å². The Hall–Kier alpha value is -2.42. The standard InChI is InChI=1S/C15H14N2O/c16-14-8-6-13(7-9-14)15(18)11-17-10-12-4-2-1-3-5-12/h1-10H,11,16H2. The summed E-state index contributed by atoms with van der Waals surface area (Å²) < 4.78 is 0. The molecule has 0 aliphatic heterocycles. The Kier molecular flexibility index (Phi) is 3.86. The lowest BCUT2D eigenvalue weighted by Crippen LogP contribution is -2.03. The number of nitrogens with zero attached hydrogens (tertiary/aromatic N) is 1. The van der Waals surface area contributed by atoms with E-state index in [9.17, 15) is 4.79 Å². The van der Waals surface area contributed by atoms with Crippen LogP contribution in [-0.2, 0) is 0 Å². The lowest BCUT2D eigenvalue weighted by molar-refractivity contribution is 0.100. The lowest BCUT2D eigenvalue weighted by Gasteiger charge is -1.98. The van der Waals surface area contributed by atoms with Crippen LogP contribution < -0.4 is 5.73 Å². The molecular weight excluding hydrogens is 224 g/mol.